The van der Waals surface area contributed by atoms with Gasteiger partial charge in [0, 0.05) is 5.02 Å². The van der Waals surface area contributed by atoms with Gasteiger partial charge in [-0.3, -0.25) is 14.4 Å². The third kappa shape index (κ3) is 3.35. The minimum atomic E-state index is -0.512. The number of carbonyl (C=O) groups excluding carboxylic acids is 3. The molecule has 1 atom stereocenters. The number of benzene rings is 2. The van der Waals surface area contributed by atoms with E-state index in [9.17, 15) is 14.4 Å². The minimum Gasteiger partial charge on any atom is -0.443 e. The largest absolute Gasteiger partial charge is 0.443 e. The number of imide groups is 1. The van der Waals surface area contributed by atoms with E-state index >= 15 is 0 Å². The molecule has 0 saturated heterocycles. The van der Waals surface area contributed by atoms with Gasteiger partial charge in [-0.05, 0) is 35.7 Å². The molecule has 0 saturated carbocycles. The van der Waals surface area contributed by atoms with Crippen LogP contribution >= 0.6 is 11.6 Å². The molecule has 6 heteroatoms. The van der Waals surface area contributed by atoms with Gasteiger partial charge in [0.25, 0.3) is 11.8 Å². The third-order valence-electron chi connectivity index (χ3n) is 4.36. The summed E-state index contributed by atoms with van der Waals surface area (Å²) in [4.78, 5) is 38.2. The molecule has 5 nitrogen and oxygen atoms in total. The number of halogens is 1. The zero-order valence-corrected chi connectivity index (χ0v) is 15.2. The summed E-state index contributed by atoms with van der Waals surface area (Å²) in [6.07, 6.45) is 0. The lowest BCUT2D eigenvalue weighted by Gasteiger charge is -2.21. The van der Waals surface area contributed by atoms with Gasteiger partial charge in [-0.15, -0.1) is 0 Å². The first kappa shape index (κ1) is 18.1. The lowest BCUT2D eigenvalue weighted by Crippen LogP contribution is -2.34. The summed E-state index contributed by atoms with van der Waals surface area (Å²) in [5.41, 5.74) is 1.43. The molecule has 0 spiro atoms. The maximum absolute atomic E-state index is 12.6. The summed E-state index contributed by atoms with van der Waals surface area (Å²) in [6.45, 7) is 3.41. The number of esters is 1. The molecule has 0 aromatic heterocycles. The highest BCUT2D eigenvalue weighted by Crippen LogP contribution is 2.28. The number of carbonyl (C=O) groups is 3. The Balaban J connectivity index is 1.72. The number of ether oxygens (including phenoxy) is 1. The van der Waals surface area contributed by atoms with Gasteiger partial charge in [0.2, 0.25) is 0 Å². The van der Waals surface area contributed by atoms with E-state index in [1.165, 1.54) is 0 Å². The van der Waals surface area contributed by atoms with E-state index in [1.807, 2.05) is 13.8 Å². The molecule has 0 radical (unpaired) electrons. The molecule has 1 aliphatic heterocycles. The highest BCUT2D eigenvalue weighted by Gasteiger charge is 2.36. The van der Waals surface area contributed by atoms with Gasteiger partial charge >= 0.3 is 5.97 Å². The summed E-state index contributed by atoms with van der Waals surface area (Å²) < 4.78 is 5.32. The second-order valence-electron chi connectivity index (χ2n) is 6.45. The van der Waals surface area contributed by atoms with Crippen LogP contribution in [0.2, 0.25) is 5.02 Å². The fraction of sp³-hybridized carbons (Fsp3) is 0.250. The predicted molar refractivity (Wildman–Crippen MR) is 96.9 cm³/mol. The van der Waals surface area contributed by atoms with Crippen molar-refractivity contribution in [2.24, 2.45) is 5.92 Å². The first-order valence-electron chi connectivity index (χ1n) is 8.27. The Morgan fingerprint density at radius 3 is 2.04 bits per heavy atom. The van der Waals surface area contributed by atoms with Crippen LogP contribution in [0.15, 0.2) is 48.5 Å². The third-order valence-corrected chi connectivity index (χ3v) is 4.62. The van der Waals surface area contributed by atoms with Crippen molar-refractivity contribution in [2.75, 3.05) is 6.73 Å². The van der Waals surface area contributed by atoms with Crippen molar-refractivity contribution in [3.8, 4) is 0 Å². The first-order valence-corrected chi connectivity index (χ1v) is 8.65. The lowest BCUT2D eigenvalue weighted by molar-refractivity contribution is -0.149. The Bertz CT molecular complexity index is 825. The van der Waals surface area contributed by atoms with Crippen molar-refractivity contribution in [3.63, 3.8) is 0 Å². The standard InChI is InChI=1S/C20H18ClNO4/c1-12(2)17(13-7-9-14(21)10-8-13)20(25)26-11-22-18(23)15-5-3-4-6-16(15)19(22)24/h3-10,12,17H,11H2,1-2H3. The zero-order chi connectivity index (χ0) is 18.8. The number of rotatable bonds is 5. The average molecular weight is 372 g/mol. The molecule has 26 heavy (non-hydrogen) atoms. The number of nitrogens with zero attached hydrogens (tertiary/aromatic N) is 1. The average Bonchev–Trinajstić information content (AvgIpc) is 2.86. The van der Waals surface area contributed by atoms with Crippen molar-refractivity contribution in [3.05, 3.63) is 70.2 Å². The summed E-state index contributed by atoms with van der Waals surface area (Å²) >= 11 is 5.90. The fourth-order valence-electron chi connectivity index (χ4n) is 3.04. The van der Waals surface area contributed by atoms with E-state index < -0.39 is 30.4 Å². The van der Waals surface area contributed by atoms with Crippen LogP contribution in [0, 0.1) is 5.92 Å². The zero-order valence-electron chi connectivity index (χ0n) is 14.4. The second kappa shape index (κ2) is 7.30. The van der Waals surface area contributed by atoms with Gasteiger partial charge in [0.1, 0.15) is 0 Å². The molecular formula is C20H18ClNO4. The number of hydrogen-bond acceptors (Lipinski definition) is 4. The normalized spacial score (nSPS) is 14.5. The highest BCUT2D eigenvalue weighted by atomic mass is 35.5. The number of amides is 2. The SMILES string of the molecule is CC(C)C(C(=O)OCN1C(=O)c2ccccc2C1=O)c1ccc(Cl)cc1. The molecule has 134 valence electrons. The van der Waals surface area contributed by atoms with Crippen LogP contribution in [0.25, 0.3) is 0 Å². The van der Waals surface area contributed by atoms with Crippen molar-refractivity contribution in [1.29, 1.82) is 0 Å². The van der Waals surface area contributed by atoms with Gasteiger partial charge < -0.3 is 4.74 Å². The van der Waals surface area contributed by atoms with E-state index in [1.54, 1.807) is 48.5 Å². The maximum Gasteiger partial charge on any atom is 0.315 e. The Morgan fingerprint density at radius 2 is 1.54 bits per heavy atom. The van der Waals surface area contributed by atoms with Crippen molar-refractivity contribution in [1.82, 2.24) is 4.90 Å². The molecule has 0 fully saturated rings. The second-order valence-corrected chi connectivity index (χ2v) is 6.89. The molecule has 2 aromatic rings. The van der Waals surface area contributed by atoms with Gasteiger partial charge in [0.15, 0.2) is 6.73 Å². The van der Waals surface area contributed by atoms with Crippen LogP contribution in [-0.4, -0.2) is 29.4 Å². The van der Waals surface area contributed by atoms with E-state index in [2.05, 4.69) is 0 Å². The Kier molecular flexibility index (Phi) is 5.09. The molecule has 3 rings (SSSR count). The monoisotopic (exact) mass is 371 g/mol. The van der Waals surface area contributed by atoms with Crippen molar-refractivity contribution < 1.29 is 19.1 Å². The maximum atomic E-state index is 12.6. The van der Waals surface area contributed by atoms with Crippen LogP contribution in [0.1, 0.15) is 46.0 Å². The van der Waals surface area contributed by atoms with E-state index in [0.29, 0.717) is 16.1 Å². The quantitative estimate of drug-likeness (QED) is 0.591. The highest BCUT2D eigenvalue weighted by molar-refractivity contribution is 6.30. The predicted octanol–water partition coefficient (Wildman–Crippen LogP) is 3.88. The minimum absolute atomic E-state index is 0.0224. The molecular weight excluding hydrogens is 354 g/mol. The Morgan fingerprint density at radius 1 is 1.00 bits per heavy atom. The lowest BCUT2D eigenvalue weighted by atomic mass is 9.88. The van der Waals surface area contributed by atoms with E-state index in [-0.39, 0.29) is 5.92 Å². The van der Waals surface area contributed by atoms with E-state index in [0.717, 1.165) is 10.5 Å². The van der Waals surface area contributed by atoms with Gasteiger partial charge in [-0.25, -0.2) is 4.90 Å². The molecule has 0 aliphatic carbocycles. The van der Waals surface area contributed by atoms with Gasteiger partial charge in [-0.1, -0.05) is 49.7 Å². The van der Waals surface area contributed by atoms with Crippen LogP contribution < -0.4 is 0 Å². The molecule has 2 amide bonds. The smallest absolute Gasteiger partial charge is 0.315 e. The van der Waals surface area contributed by atoms with E-state index in [4.69, 9.17) is 16.3 Å². The van der Waals surface area contributed by atoms with Crippen LogP contribution in [0.4, 0.5) is 0 Å². The molecule has 0 bridgehead atoms. The van der Waals surface area contributed by atoms with Crippen LogP contribution in [-0.2, 0) is 9.53 Å². The molecule has 2 aromatic carbocycles. The topological polar surface area (TPSA) is 63.7 Å². The fourth-order valence-corrected chi connectivity index (χ4v) is 3.16. The molecule has 1 heterocycles. The Labute approximate surface area is 156 Å². The molecule has 1 aliphatic rings. The molecule has 1 unspecified atom stereocenters. The van der Waals surface area contributed by atoms with Crippen molar-refractivity contribution in [2.45, 2.75) is 19.8 Å². The van der Waals surface area contributed by atoms with Crippen LogP contribution in [0.5, 0.6) is 0 Å². The summed E-state index contributed by atoms with van der Waals surface area (Å²) in [5.74, 6) is -1.93. The molecule has 0 N–H and O–H groups in total. The number of hydrogen-bond donors (Lipinski definition) is 0. The van der Waals surface area contributed by atoms with Crippen molar-refractivity contribution >= 4 is 29.4 Å². The van der Waals surface area contributed by atoms with Crippen LogP contribution in [0.3, 0.4) is 0 Å². The van der Waals surface area contributed by atoms with Gasteiger partial charge in [-0.2, -0.15) is 0 Å². The summed E-state index contributed by atoms with van der Waals surface area (Å²) in [7, 11) is 0. The first-order chi connectivity index (χ1) is 12.4. The summed E-state index contributed by atoms with van der Waals surface area (Å²) in [5, 5.41) is 0.579. The number of fused-ring (bicyclic) bond motifs is 1. The Hall–Kier alpha value is -2.66. The summed E-state index contributed by atoms with van der Waals surface area (Å²) in [6, 6.07) is 13.5. The van der Waals surface area contributed by atoms with Gasteiger partial charge in [0.05, 0.1) is 17.0 Å².